The summed E-state index contributed by atoms with van der Waals surface area (Å²) < 4.78 is 0. The van der Waals surface area contributed by atoms with Crippen molar-refractivity contribution in [3.63, 3.8) is 0 Å². The number of carbonyl (C=O) groups excluding carboxylic acids is 1. The lowest BCUT2D eigenvalue weighted by molar-refractivity contribution is -0.116. The third-order valence-corrected chi connectivity index (χ3v) is 3.36. The highest BCUT2D eigenvalue weighted by Gasteiger charge is 2.14. The van der Waals surface area contributed by atoms with Gasteiger partial charge in [0, 0.05) is 6.42 Å². The van der Waals surface area contributed by atoms with E-state index in [1.54, 1.807) is 0 Å². The van der Waals surface area contributed by atoms with Crippen LogP contribution in [0.4, 0.5) is 0 Å². The summed E-state index contributed by atoms with van der Waals surface area (Å²) in [4.78, 5) is 11.8. The van der Waals surface area contributed by atoms with Gasteiger partial charge in [0.05, 0.1) is 0 Å². The van der Waals surface area contributed by atoms with Crippen molar-refractivity contribution < 1.29 is 4.79 Å². The van der Waals surface area contributed by atoms with Gasteiger partial charge in [0.25, 0.3) is 0 Å². The number of hydrogen-bond donors (Lipinski definition) is 0. The molecule has 0 heterocycles. The second-order valence-electron chi connectivity index (χ2n) is 4.75. The van der Waals surface area contributed by atoms with E-state index in [9.17, 15) is 4.79 Å². The van der Waals surface area contributed by atoms with E-state index < -0.39 is 0 Å². The fourth-order valence-electron chi connectivity index (χ4n) is 2.41. The second kappa shape index (κ2) is 5.81. The molecular weight excluding hydrogens is 208 g/mol. The van der Waals surface area contributed by atoms with Crippen LogP contribution in [0.1, 0.15) is 50.2 Å². The van der Waals surface area contributed by atoms with E-state index in [2.05, 4.69) is 37.3 Å². The molecular formula is C16H20O. The van der Waals surface area contributed by atoms with Gasteiger partial charge in [-0.05, 0) is 48.5 Å². The Kier molecular flexibility index (Phi) is 4.13. The van der Waals surface area contributed by atoms with Crippen LogP contribution in [-0.2, 0) is 11.2 Å². The Labute approximate surface area is 104 Å². The topological polar surface area (TPSA) is 17.1 Å². The highest BCUT2D eigenvalue weighted by atomic mass is 16.1. The maximum absolute atomic E-state index is 11.8. The molecule has 0 atom stereocenters. The van der Waals surface area contributed by atoms with Gasteiger partial charge in [0.2, 0.25) is 0 Å². The fourth-order valence-corrected chi connectivity index (χ4v) is 2.41. The Bertz CT molecular complexity index is 429. The lowest BCUT2D eigenvalue weighted by atomic mass is 9.91. The minimum Gasteiger partial charge on any atom is -0.295 e. The van der Waals surface area contributed by atoms with Crippen molar-refractivity contribution in [2.24, 2.45) is 0 Å². The first kappa shape index (κ1) is 12.1. The van der Waals surface area contributed by atoms with Crippen LogP contribution in [0.3, 0.4) is 0 Å². The average Bonchev–Trinajstić information content (AvgIpc) is 2.35. The molecule has 0 bridgehead atoms. The summed E-state index contributed by atoms with van der Waals surface area (Å²) in [7, 11) is 0. The van der Waals surface area contributed by atoms with Crippen molar-refractivity contribution in [2.45, 2.75) is 45.4 Å². The molecule has 0 unspecified atom stereocenters. The van der Waals surface area contributed by atoms with Gasteiger partial charge in [-0.25, -0.2) is 0 Å². The molecule has 0 aromatic heterocycles. The maximum Gasteiger partial charge on any atom is 0.158 e. The van der Waals surface area contributed by atoms with E-state index in [0.717, 1.165) is 44.1 Å². The lowest BCUT2D eigenvalue weighted by Crippen LogP contribution is -2.08. The molecule has 1 aliphatic rings. The first-order valence-corrected chi connectivity index (χ1v) is 6.63. The van der Waals surface area contributed by atoms with Gasteiger partial charge in [-0.2, -0.15) is 0 Å². The summed E-state index contributed by atoms with van der Waals surface area (Å²) in [6, 6.07) is 8.43. The molecule has 1 aliphatic carbocycles. The van der Waals surface area contributed by atoms with Crippen LogP contribution in [0, 0.1) is 0 Å². The Morgan fingerprint density at radius 3 is 2.71 bits per heavy atom. The number of hydrogen-bond acceptors (Lipinski definition) is 1. The molecule has 0 saturated heterocycles. The molecule has 17 heavy (non-hydrogen) atoms. The van der Waals surface area contributed by atoms with Crippen LogP contribution in [-0.4, -0.2) is 5.78 Å². The minimum absolute atomic E-state index is 0.350. The zero-order chi connectivity index (χ0) is 12.1. The molecule has 2 rings (SSSR count). The van der Waals surface area contributed by atoms with Gasteiger partial charge >= 0.3 is 0 Å². The molecule has 0 amide bonds. The summed E-state index contributed by atoms with van der Waals surface area (Å²) in [5.74, 6) is 0.350. The van der Waals surface area contributed by atoms with Crippen molar-refractivity contribution in [1.82, 2.24) is 0 Å². The molecule has 1 fully saturated rings. The van der Waals surface area contributed by atoms with E-state index in [4.69, 9.17) is 0 Å². The second-order valence-corrected chi connectivity index (χ2v) is 4.75. The van der Waals surface area contributed by atoms with E-state index in [-0.39, 0.29) is 0 Å². The first-order valence-electron chi connectivity index (χ1n) is 6.63. The molecule has 0 spiro atoms. The molecule has 1 saturated carbocycles. The largest absolute Gasteiger partial charge is 0.295 e. The van der Waals surface area contributed by atoms with Crippen molar-refractivity contribution in [3.8, 4) is 0 Å². The summed E-state index contributed by atoms with van der Waals surface area (Å²) >= 11 is 0. The van der Waals surface area contributed by atoms with Gasteiger partial charge in [0.15, 0.2) is 5.78 Å². The molecule has 0 radical (unpaired) electrons. The number of allylic oxidation sites excluding steroid dienone is 1. The molecule has 0 aliphatic heterocycles. The van der Waals surface area contributed by atoms with Crippen LogP contribution in [0.2, 0.25) is 0 Å². The quantitative estimate of drug-likeness (QED) is 0.710. The monoisotopic (exact) mass is 228 g/mol. The Balaban J connectivity index is 2.27. The van der Waals surface area contributed by atoms with E-state index in [0.29, 0.717) is 5.78 Å². The predicted octanol–water partition coefficient (Wildman–Crippen LogP) is 4.17. The standard InChI is InChI=1S/C16H20O/c1-2-7-13-8-3-4-9-14(13)12-15-10-5-6-11-16(15)17/h3-4,8-9,12H,2,5-7,10-11H2,1H3/b15-12+. The number of benzene rings is 1. The van der Waals surface area contributed by atoms with Crippen LogP contribution in [0.25, 0.3) is 6.08 Å². The summed E-state index contributed by atoms with van der Waals surface area (Å²) in [5.41, 5.74) is 3.63. The van der Waals surface area contributed by atoms with Gasteiger partial charge in [-0.3, -0.25) is 4.79 Å². The smallest absolute Gasteiger partial charge is 0.158 e. The SMILES string of the molecule is CCCc1ccccc1/C=C1\CCCCC1=O. The Morgan fingerprint density at radius 1 is 1.18 bits per heavy atom. The lowest BCUT2D eigenvalue weighted by Gasteiger charge is -2.13. The highest BCUT2D eigenvalue weighted by molar-refractivity contribution is 6.00. The number of aryl methyl sites for hydroxylation is 1. The van der Waals surface area contributed by atoms with Gasteiger partial charge in [-0.1, -0.05) is 37.6 Å². The van der Waals surface area contributed by atoms with Gasteiger partial charge < -0.3 is 0 Å². The normalized spacial score (nSPS) is 18.6. The minimum atomic E-state index is 0.350. The number of ketones is 1. The van der Waals surface area contributed by atoms with Crippen LogP contribution in [0.5, 0.6) is 0 Å². The molecule has 1 heteroatoms. The number of Topliss-reactive ketones (excluding diaryl/α,β-unsaturated/α-hetero) is 1. The zero-order valence-electron chi connectivity index (χ0n) is 10.5. The van der Waals surface area contributed by atoms with Crippen molar-refractivity contribution in [3.05, 3.63) is 41.0 Å². The van der Waals surface area contributed by atoms with Crippen LogP contribution in [0.15, 0.2) is 29.8 Å². The van der Waals surface area contributed by atoms with Gasteiger partial charge in [-0.15, -0.1) is 0 Å². The van der Waals surface area contributed by atoms with Crippen molar-refractivity contribution >= 4 is 11.9 Å². The molecule has 1 aromatic rings. The predicted molar refractivity (Wildman–Crippen MR) is 71.9 cm³/mol. The third kappa shape index (κ3) is 3.06. The molecule has 1 aromatic carbocycles. The number of carbonyl (C=O) groups is 1. The Hall–Kier alpha value is -1.37. The molecule has 0 N–H and O–H groups in total. The summed E-state index contributed by atoms with van der Waals surface area (Å²) in [6.45, 7) is 2.19. The van der Waals surface area contributed by atoms with E-state index >= 15 is 0 Å². The van der Waals surface area contributed by atoms with Crippen LogP contribution < -0.4 is 0 Å². The van der Waals surface area contributed by atoms with E-state index in [1.807, 2.05) is 0 Å². The summed E-state index contributed by atoms with van der Waals surface area (Å²) in [5, 5.41) is 0. The third-order valence-electron chi connectivity index (χ3n) is 3.36. The maximum atomic E-state index is 11.8. The Morgan fingerprint density at radius 2 is 1.94 bits per heavy atom. The first-order chi connectivity index (χ1) is 8.31. The summed E-state index contributed by atoms with van der Waals surface area (Å²) in [6.07, 6.45) is 8.27. The van der Waals surface area contributed by atoms with Crippen molar-refractivity contribution in [1.29, 1.82) is 0 Å². The molecule has 1 nitrogen and oxygen atoms in total. The fraction of sp³-hybridized carbons (Fsp3) is 0.438. The molecule has 90 valence electrons. The van der Waals surface area contributed by atoms with Gasteiger partial charge in [0.1, 0.15) is 0 Å². The van der Waals surface area contributed by atoms with Crippen molar-refractivity contribution in [2.75, 3.05) is 0 Å². The number of rotatable bonds is 3. The highest BCUT2D eigenvalue weighted by Crippen LogP contribution is 2.23. The zero-order valence-corrected chi connectivity index (χ0v) is 10.5. The van der Waals surface area contributed by atoms with Crippen LogP contribution >= 0.6 is 0 Å². The average molecular weight is 228 g/mol. The van der Waals surface area contributed by atoms with E-state index in [1.165, 1.54) is 11.1 Å².